The Morgan fingerprint density at radius 3 is 2.69 bits per heavy atom. The largest absolute Gasteiger partial charge is 0.469 e. The van der Waals surface area contributed by atoms with Crippen molar-refractivity contribution < 1.29 is 28.3 Å². The fraction of sp³-hybridized carbons (Fsp3) is 1.00. The van der Waals surface area contributed by atoms with Crippen molar-refractivity contribution in [3.63, 3.8) is 0 Å². The van der Waals surface area contributed by atoms with Crippen LogP contribution in [0.2, 0.25) is 0 Å². The van der Waals surface area contributed by atoms with Gasteiger partial charge in [-0.15, -0.1) is 0 Å². The van der Waals surface area contributed by atoms with Gasteiger partial charge in [0.15, 0.2) is 0 Å². The second-order valence-corrected chi connectivity index (χ2v) is 5.16. The Hall–Kier alpha value is 0.0949. The van der Waals surface area contributed by atoms with Gasteiger partial charge in [-0.05, 0) is 20.3 Å². The zero-order valence-electron chi connectivity index (χ0n) is 9.28. The van der Waals surface area contributed by atoms with Gasteiger partial charge in [0.1, 0.15) is 14.0 Å². The number of ether oxygens (including phenoxy) is 2. The maximum atomic E-state index is 10.7. The van der Waals surface area contributed by atoms with Crippen LogP contribution in [0.5, 0.6) is 0 Å². The van der Waals surface area contributed by atoms with Crippen molar-refractivity contribution in [3.05, 3.63) is 0 Å². The van der Waals surface area contributed by atoms with E-state index in [1.165, 1.54) is 0 Å². The Morgan fingerprint density at radius 1 is 1.56 bits per heavy atom. The Bertz CT molecular complexity index is 267. The molecular formula is C8H16BO6P. The van der Waals surface area contributed by atoms with Crippen LogP contribution in [0.1, 0.15) is 20.3 Å². The van der Waals surface area contributed by atoms with E-state index in [2.05, 4.69) is 4.52 Å². The molecule has 0 spiro atoms. The van der Waals surface area contributed by atoms with E-state index in [0.717, 1.165) is 0 Å². The first-order valence-electron chi connectivity index (χ1n) is 5.04. The standard InChI is InChI=1S/C8H16BO6P/c1-5(2)13-4-7-6(3-8(9)14-7)15-16(10,11)12/h5-8H,3-4H2,1-2H3,(H2,10,11,12)/t6?,7-,8-/m1/s1. The van der Waals surface area contributed by atoms with Crippen LogP contribution >= 0.6 is 7.82 Å². The third-order valence-electron chi connectivity index (χ3n) is 2.10. The van der Waals surface area contributed by atoms with Crippen molar-refractivity contribution in [1.29, 1.82) is 0 Å². The van der Waals surface area contributed by atoms with E-state index >= 15 is 0 Å². The summed E-state index contributed by atoms with van der Waals surface area (Å²) in [6.07, 6.45) is -1.01. The van der Waals surface area contributed by atoms with E-state index in [4.69, 9.17) is 27.1 Å². The minimum absolute atomic E-state index is 0.0103. The monoisotopic (exact) mass is 250 g/mol. The molecule has 16 heavy (non-hydrogen) atoms. The lowest BCUT2D eigenvalue weighted by Crippen LogP contribution is -2.29. The zero-order valence-corrected chi connectivity index (χ0v) is 10.2. The highest BCUT2D eigenvalue weighted by Gasteiger charge is 2.37. The van der Waals surface area contributed by atoms with Crippen molar-refractivity contribution in [1.82, 2.24) is 0 Å². The lowest BCUT2D eigenvalue weighted by molar-refractivity contribution is -0.0457. The van der Waals surface area contributed by atoms with E-state index in [0.29, 0.717) is 0 Å². The second kappa shape index (κ2) is 5.62. The summed E-state index contributed by atoms with van der Waals surface area (Å²) in [6, 6.07) is -0.572. The van der Waals surface area contributed by atoms with Gasteiger partial charge in [-0.1, -0.05) is 0 Å². The first-order valence-corrected chi connectivity index (χ1v) is 6.57. The first kappa shape index (κ1) is 14.2. The van der Waals surface area contributed by atoms with Crippen LogP contribution in [0.3, 0.4) is 0 Å². The van der Waals surface area contributed by atoms with Crippen molar-refractivity contribution in [3.8, 4) is 0 Å². The fourth-order valence-corrected chi connectivity index (χ4v) is 2.04. The molecule has 1 fully saturated rings. The molecule has 1 aliphatic heterocycles. The molecule has 0 saturated carbocycles. The third-order valence-corrected chi connectivity index (χ3v) is 2.64. The highest BCUT2D eigenvalue weighted by Crippen LogP contribution is 2.41. The average molecular weight is 250 g/mol. The molecule has 0 bridgehead atoms. The molecule has 0 amide bonds. The van der Waals surface area contributed by atoms with Crippen molar-refractivity contribution in [2.75, 3.05) is 6.61 Å². The van der Waals surface area contributed by atoms with Gasteiger partial charge in [-0.3, -0.25) is 4.52 Å². The van der Waals surface area contributed by atoms with E-state index in [1.807, 2.05) is 13.8 Å². The minimum Gasteiger partial charge on any atom is -0.380 e. The number of rotatable bonds is 5. The zero-order chi connectivity index (χ0) is 12.3. The summed E-state index contributed by atoms with van der Waals surface area (Å²) in [7, 11) is 1.01. The number of phosphoric ester groups is 1. The summed E-state index contributed by atoms with van der Waals surface area (Å²) in [5.74, 6) is 0. The van der Waals surface area contributed by atoms with Crippen molar-refractivity contribution >= 4 is 15.7 Å². The van der Waals surface area contributed by atoms with Crippen LogP contribution in [-0.4, -0.2) is 48.6 Å². The smallest absolute Gasteiger partial charge is 0.380 e. The van der Waals surface area contributed by atoms with Gasteiger partial charge >= 0.3 is 7.82 Å². The number of hydrogen-bond donors (Lipinski definition) is 2. The van der Waals surface area contributed by atoms with Gasteiger partial charge in [0.05, 0.1) is 18.8 Å². The Kier molecular flexibility index (Phi) is 4.97. The van der Waals surface area contributed by atoms with Gasteiger partial charge in [-0.2, -0.15) is 0 Å². The number of hydrogen-bond acceptors (Lipinski definition) is 4. The molecule has 0 aliphatic carbocycles. The molecule has 1 saturated heterocycles. The van der Waals surface area contributed by atoms with Gasteiger partial charge in [0.25, 0.3) is 0 Å². The highest BCUT2D eigenvalue weighted by molar-refractivity contribution is 7.46. The van der Waals surface area contributed by atoms with E-state index in [9.17, 15) is 4.57 Å². The van der Waals surface area contributed by atoms with Crippen LogP contribution in [-0.2, 0) is 18.6 Å². The summed E-state index contributed by atoms with van der Waals surface area (Å²) < 4.78 is 25.9. The normalized spacial score (nSPS) is 31.2. The van der Waals surface area contributed by atoms with E-state index in [1.54, 1.807) is 0 Å². The summed E-state index contributed by atoms with van der Waals surface area (Å²) in [6.45, 7) is 3.91. The maximum absolute atomic E-state index is 10.7. The fourth-order valence-electron chi connectivity index (χ4n) is 1.47. The van der Waals surface area contributed by atoms with Gasteiger partial charge in [0, 0.05) is 6.00 Å². The summed E-state index contributed by atoms with van der Waals surface area (Å²) in [5, 5.41) is 0. The van der Waals surface area contributed by atoms with Gasteiger partial charge < -0.3 is 19.3 Å². The Balaban J connectivity index is 2.49. The molecule has 0 aromatic heterocycles. The Labute approximate surface area is 95.9 Å². The second-order valence-electron chi connectivity index (χ2n) is 3.97. The average Bonchev–Trinajstić information content (AvgIpc) is 2.39. The first-order chi connectivity index (χ1) is 7.28. The lowest BCUT2D eigenvalue weighted by Gasteiger charge is -2.20. The third kappa shape index (κ3) is 4.95. The van der Waals surface area contributed by atoms with E-state index in [-0.39, 0.29) is 19.1 Å². The van der Waals surface area contributed by atoms with Crippen LogP contribution in [0.25, 0.3) is 0 Å². The molecule has 1 aliphatic rings. The van der Waals surface area contributed by atoms with Crippen LogP contribution in [0, 0.1) is 0 Å². The summed E-state index contributed by atoms with van der Waals surface area (Å²) in [4.78, 5) is 17.4. The predicted molar refractivity (Wildman–Crippen MR) is 57.0 cm³/mol. The molecular weight excluding hydrogens is 234 g/mol. The summed E-state index contributed by atoms with van der Waals surface area (Å²) >= 11 is 0. The molecule has 2 N–H and O–H groups in total. The van der Waals surface area contributed by atoms with Crippen molar-refractivity contribution in [2.24, 2.45) is 0 Å². The molecule has 1 unspecified atom stereocenters. The lowest BCUT2D eigenvalue weighted by atomic mass is 9.96. The topological polar surface area (TPSA) is 85.2 Å². The molecule has 2 radical (unpaired) electrons. The SMILES string of the molecule is [B][C@H]1CC(OP(=O)(O)O)[C@@H](COC(C)C)O1. The van der Waals surface area contributed by atoms with Crippen LogP contribution in [0.15, 0.2) is 0 Å². The molecule has 3 atom stereocenters. The maximum Gasteiger partial charge on any atom is 0.469 e. The van der Waals surface area contributed by atoms with Gasteiger partial charge in [0.2, 0.25) is 0 Å². The quantitative estimate of drug-likeness (QED) is 0.534. The summed E-state index contributed by atoms with van der Waals surface area (Å²) in [5.41, 5.74) is 0. The Morgan fingerprint density at radius 2 is 2.19 bits per heavy atom. The minimum atomic E-state index is -4.52. The predicted octanol–water partition coefficient (Wildman–Crippen LogP) is 0.173. The van der Waals surface area contributed by atoms with Crippen LogP contribution < -0.4 is 0 Å². The molecule has 92 valence electrons. The molecule has 8 heteroatoms. The molecule has 6 nitrogen and oxygen atoms in total. The van der Waals surface area contributed by atoms with E-state index < -0.39 is 26.0 Å². The molecule has 1 heterocycles. The number of phosphoric acid groups is 1. The molecule has 0 aromatic rings. The van der Waals surface area contributed by atoms with Gasteiger partial charge in [-0.25, -0.2) is 4.57 Å². The van der Waals surface area contributed by atoms with Crippen LogP contribution in [0.4, 0.5) is 0 Å². The molecule has 0 aromatic carbocycles. The van der Waals surface area contributed by atoms with Crippen molar-refractivity contribution in [2.45, 2.75) is 44.6 Å². The molecule has 1 rings (SSSR count). The highest BCUT2D eigenvalue weighted by atomic mass is 31.2.